The molecule has 1 heterocycles. The van der Waals surface area contributed by atoms with Crippen molar-refractivity contribution in [1.29, 1.82) is 0 Å². The van der Waals surface area contributed by atoms with Crippen molar-refractivity contribution in [2.75, 3.05) is 25.6 Å². The van der Waals surface area contributed by atoms with Crippen molar-refractivity contribution in [3.05, 3.63) is 53.7 Å². The van der Waals surface area contributed by atoms with E-state index in [4.69, 9.17) is 9.47 Å². The van der Waals surface area contributed by atoms with Gasteiger partial charge in [0.05, 0.1) is 18.5 Å². The Balaban J connectivity index is 1.91. The SMILES string of the molecule is COCCOc1ccc(NC(C)c2ccc(C)cc2)cn1. The highest BCUT2D eigenvalue weighted by Gasteiger charge is 2.05. The fourth-order valence-corrected chi connectivity index (χ4v) is 1.97. The minimum atomic E-state index is 0.229. The molecule has 0 aliphatic carbocycles. The number of nitrogens with zero attached hydrogens (tertiary/aromatic N) is 1. The van der Waals surface area contributed by atoms with Gasteiger partial charge in [0.2, 0.25) is 5.88 Å². The van der Waals surface area contributed by atoms with Crippen LogP contribution >= 0.6 is 0 Å². The van der Waals surface area contributed by atoms with Crippen LogP contribution < -0.4 is 10.1 Å². The Morgan fingerprint density at radius 2 is 1.86 bits per heavy atom. The highest BCUT2D eigenvalue weighted by atomic mass is 16.5. The van der Waals surface area contributed by atoms with Crippen LogP contribution in [-0.2, 0) is 4.74 Å². The van der Waals surface area contributed by atoms with Crippen molar-refractivity contribution in [1.82, 2.24) is 4.98 Å². The lowest BCUT2D eigenvalue weighted by molar-refractivity contribution is 0.144. The molecule has 1 N–H and O–H groups in total. The van der Waals surface area contributed by atoms with E-state index >= 15 is 0 Å². The minimum Gasteiger partial charge on any atom is -0.475 e. The quantitative estimate of drug-likeness (QED) is 0.790. The molecule has 0 aliphatic heterocycles. The van der Waals surface area contributed by atoms with E-state index in [1.807, 2.05) is 12.1 Å². The zero-order valence-corrected chi connectivity index (χ0v) is 12.8. The molecular weight excluding hydrogens is 264 g/mol. The third-order valence-electron chi connectivity index (χ3n) is 3.23. The minimum absolute atomic E-state index is 0.229. The third-order valence-corrected chi connectivity index (χ3v) is 3.23. The fourth-order valence-electron chi connectivity index (χ4n) is 1.97. The smallest absolute Gasteiger partial charge is 0.213 e. The van der Waals surface area contributed by atoms with Crippen molar-refractivity contribution < 1.29 is 9.47 Å². The summed E-state index contributed by atoms with van der Waals surface area (Å²) >= 11 is 0. The maximum Gasteiger partial charge on any atom is 0.213 e. The second kappa shape index (κ2) is 7.64. The Bertz CT molecular complexity index is 538. The molecule has 0 radical (unpaired) electrons. The average Bonchev–Trinajstić information content (AvgIpc) is 2.50. The van der Waals surface area contributed by atoms with E-state index in [9.17, 15) is 0 Å². The molecule has 0 aliphatic rings. The number of aryl methyl sites for hydroxylation is 1. The van der Waals surface area contributed by atoms with Crippen LogP contribution in [0.25, 0.3) is 0 Å². The summed E-state index contributed by atoms with van der Waals surface area (Å²) in [4.78, 5) is 4.27. The van der Waals surface area contributed by atoms with Crippen LogP contribution in [0.5, 0.6) is 5.88 Å². The average molecular weight is 286 g/mol. The van der Waals surface area contributed by atoms with Crippen molar-refractivity contribution >= 4 is 5.69 Å². The maximum atomic E-state index is 5.44. The Morgan fingerprint density at radius 1 is 1.10 bits per heavy atom. The largest absolute Gasteiger partial charge is 0.475 e. The molecule has 2 aromatic rings. The number of nitrogens with one attached hydrogen (secondary N) is 1. The molecule has 0 fully saturated rings. The van der Waals surface area contributed by atoms with Crippen molar-refractivity contribution in [3.8, 4) is 5.88 Å². The van der Waals surface area contributed by atoms with Gasteiger partial charge in [-0.05, 0) is 25.5 Å². The molecular formula is C17H22N2O2. The van der Waals surface area contributed by atoms with Crippen molar-refractivity contribution in [3.63, 3.8) is 0 Å². The lowest BCUT2D eigenvalue weighted by Gasteiger charge is -2.16. The molecule has 1 aromatic heterocycles. The van der Waals surface area contributed by atoms with Crippen LogP contribution in [0.15, 0.2) is 42.6 Å². The molecule has 21 heavy (non-hydrogen) atoms. The van der Waals surface area contributed by atoms with E-state index < -0.39 is 0 Å². The Kier molecular flexibility index (Phi) is 5.58. The number of methoxy groups -OCH3 is 1. The molecule has 2 rings (SSSR count). The molecule has 0 saturated heterocycles. The van der Waals surface area contributed by atoms with Crippen LogP contribution in [0.4, 0.5) is 5.69 Å². The zero-order valence-electron chi connectivity index (χ0n) is 12.8. The normalized spacial score (nSPS) is 12.0. The fraction of sp³-hybridized carbons (Fsp3) is 0.353. The summed E-state index contributed by atoms with van der Waals surface area (Å²) in [5.74, 6) is 0.612. The Labute approximate surface area is 126 Å². The number of hydrogen-bond acceptors (Lipinski definition) is 4. The monoisotopic (exact) mass is 286 g/mol. The van der Waals surface area contributed by atoms with Crippen LogP contribution in [0.2, 0.25) is 0 Å². The number of pyridine rings is 1. The molecule has 1 unspecified atom stereocenters. The highest BCUT2D eigenvalue weighted by molar-refractivity contribution is 5.44. The first-order chi connectivity index (χ1) is 10.2. The van der Waals surface area contributed by atoms with E-state index in [2.05, 4.69) is 48.4 Å². The van der Waals surface area contributed by atoms with E-state index in [0.29, 0.717) is 19.1 Å². The molecule has 4 nitrogen and oxygen atoms in total. The Morgan fingerprint density at radius 3 is 2.48 bits per heavy atom. The summed E-state index contributed by atoms with van der Waals surface area (Å²) in [6.45, 7) is 5.30. The summed E-state index contributed by atoms with van der Waals surface area (Å²) < 4.78 is 10.4. The first-order valence-corrected chi connectivity index (χ1v) is 7.10. The van der Waals surface area contributed by atoms with Gasteiger partial charge in [0.25, 0.3) is 0 Å². The van der Waals surface area contributed by atoms with E-state index in [0.717, 1.165) is 5.69 Å². The molecule has 0 bridgehead atoms. The van der Waals surface area contributed by atoms with Crippen LogP contribution in [0, 0.1) is 6.92 Å². The van der Waals surface area contributed by atoms with Gasteiger partial charge >= 0.3 is 0 Å². The molecule has 112 valence electrons. The van der Waals surface area contributed by atoms with E-state index in [1.165, 1.54) is 11.1 Å². The standard InChI is InChI=1S/C17H22N2O2/c1-13-4-6-15(7-5-13)14(2)19-16-8-9-17(18-12-16)21-11-10-20-3/h4-9,12,14,19H,10-11H2,1-3H3. The molecule has 1 atom stereocenters. The molecule has 0 amide bonds. The number of anilines is 1. The van der Waals surface area contributed by atoms with Gasteiger partial charge < -0.3 is 14.8 Å². The van der Waals surface area contributed by atoms with Crippen LogP contribution in [0.1, 0.15) is 24.1 Å². The lowest BCUT2D eigenvalue weighted by atomic mass is 10.1. The summed E-state index contributed by atoms with van der Waals surface area (Å²) in [7, 11) is 1.65. The number of benzene rings is 1. The number of rotatable bonds is 7. The van der Waals surface area contributed by atoms with Gasteiger partial charge in [0, 0.05) is 19.2 Å². The van der Waals surface area contributed by atoms with Crippen LogP contribution in [0.3, 0.4) is 0 Å². The first-order valence-electron chi connectivity index (χ1n) is 7.10. The summed E-state index contributed by atoms with van der Waals surface area (Å²) in [5.41, 5.74) is 3.49. The molecule has 0 saturated carbocycles. The van der Waals surface area contributed by atoms with Gasteiger partial charge in [-0.2, -0.15) is 0 Å². The lowest BCUT2D eigenvalue weighted by Crippen LogP contribution is -2.08. The summed E-state index contributed by atoms with van der Waals surface area (Å²) in [6.07, 6.45) is 1.78. The van der Waals surface area contributed by atoms with Gasteiger partial charge in [-0.15, -0.1) is 0 Å². The topological polar surface area (TPSA) is 43.4 Å². The molecule has 4 heteroatoms. The van der Waals surface area contributed by atoms with Gasteiger partial charge in [-0.25, -0.2) is 4.98 Å². The Hall–Kier alpha value is -2.07. The second-order valence-corrected chi connectivity index (χ2v) is 5.00. The van der Waals surface area contributed by atoms with E-state index in [1.54, 1.807) is 13.3 Å². The zero-order chi connectivity index (χ0) is 15.1. The number of hydrogen-bond donors (Lipinski definition) is 1. The van der Waals surface area contributed by atoms with Crippen LogP contribution in [-0.4, -0.2) is 25.3 Å². The second-order valence-electron chi connectivity index (χ2n) is 5.00. The summed E-state index contributed by atoms with van der Waals surface area (Å²) in [6, 6.07) is 12.6. The van der Waals surface area contributed by atoms with Gasteiger partial charge in [-0.1, -0.05) is 29.8 Å². The predicted molar refractivity (Wildman–Crippen MR) is 84.8 cm³/mol. The molecule has 1 aromatic carbocycles. The third kappa shape index (κ3) is 4.76. The van der Waals surface area contributed by atoms with Crippen molar-refractivity contribution in [2.45, 2.75) is 19.9 Å². The summed E-state index contributed by atoms with van der Waals surface area (Å²) in [5, 5.41) is 3.43. The van der Waals surface area contributed by atoms with E-state index in [-0.39, 0.29) is 6.04 Å². The van der Waals surface area contributed by atoms with Gasteiger partial charge in [-0.3, -0.25) is 0 Å². The molecule has 0 spiro atoms. The van der Waals surface area contributed by atoms with Crippen molar-refractivity contribution in [2.24, 2.45) is 0 Å². The first kappa shape index (κ1) is 15.3. The highest BCUT2D eigenvalue weighted by Crippen LogP contribution is 2.20. The van der Waals surface area contributed by atoms with Gasteiger partial charge in [0.1, 0.15) is 6.61 Å². The maximum absolute atomic E-state index is 5.44. The van der Waals surface area contributed by atoms with Gasteiger partial charge in [0.15, 0.2) is 0 Å². The number of aromatic nitrogens is 1. The predicted octanol–water partition coefficient (Wildman–Crippen LogP) is 3.59. The number of ether oxygens (including phenoxy) is 2.